The molecule has 2 aromatic carbocycles. The Kier molecular flexibility index (Phi) is 4.75. The molecular weight excluding hydrogens is 300 g/mol. The van der Waals surface area contributed by atoms with Gasteiger partial charge in [-0.25, -0.2) is 0 Å². The number of aromatic nitrogens is 1. The molecule has 0 spiro atoms. The van der Waals surface area contributed by atoms with E-state index in [-0.39, 0.29) is 11.8 Å². The minimum absolute atomic E-state index is 0.0352. The van der Waals surface area contributed by atoms with Crippen molar-refractivity contribution in [2.24, 2.45) is 0 Å². The Bertz CT molecular complexity index is 757. The fourth-order valence-electron chi connectivity index (χ4n) is 2.80. The smallest absolute Gasteiger partial charge is 0.234 e. The van der Waals surface area contributed by atoms with Crippen LogP contribution >= 0.6 is 0 Å². The van der Waals surface area contributed by atoms with E-state index in [2.05, 4.69) is 5.16 Å². The highest BCUT2D eigenvalue weighted by Crippen LogP contribution is 2.27. The van der Waals surface area contributed by atoms with Gasteiger partial charge in [-0.2, -0.15) is 0 Å². The quantitative estimate of drug-likeness (QED) is 0.719. The van der Waals surface area contributed by atoms with Gasteiger partial charge in [0.1, 0.15) is 11.5 Å². The van der Waals surface area contributed by atoms with Crippen LogP contribution in [-0.2, 0) is 11.3 Å². The lowest BCUT2D eigenvalue weighted by molar-refractivity contribution is -0.131. The van der Waals surface area contributed by atoms with Crippen LogP contribution in [0.25, 0.3) is 0 Å². The van der Waals surface area contributed by atoms with Crippen molar-refractivity contribution in [2.75, 3.05) is 7.05 Å². The van der Waals surface area contributed by atoms with Crippen LogP contribution in [0.2, 0.25) is 0 Å². The highest BCUT2D eigenvalue weighted by atomic mass is 16.5. The van der Waals surface area contributed by atoms with Crippen molar-refractivity contribution in [3.8, 4) is 0 Å². The van der Waals surface area contributed by atoms with Gasteiger partial charge in [0, 0.05) is 13.1 Å². The number of hydrogen-bond donors (Lipinski definition) is 0. The van der Waals surface area contributed by atoms with Crippen LogP contribution in [0.5, 0.6) is 0 Å². The predicted molar refractivity (Wildman–Crippen MR) is 92.4 cm³/mol. The van der Waals surface area contributed by atoms with Gasteiger partial charge in [0.15, 0.2) is 0 Å². The Hall–Kier alpha value is -2.88. The van der Waals surface area contributed by atoms with Crippen LogP contribution in [0, 0.1) is 6.92 Å². The van der Waals surface area contributed by atoms with Crippen molar-refractivity contribution >= 4 is 5.91 Å². The fraction of sp³-hybridized carbons (Fsp3) is 0.200. The minimum Gasteiger partial charge on any atom is -0.361 e. The number of hydrogen-bond acceptors (Lipinski definition) is 3. The summed E-state index contributed by atoms with van der Waals surface area (Å²) < 4.78 is 5.09. The monoisotopic (exact) mass is 320 g/mol. The van der Waals surface area contributed by atoms with Gasteiger partial charge in [-0.1, -0.05) is 65.8 Å². The number of rotatable bonds is 5. The lowest BCUT2D eigenvalue weighted by atomic mass is 9.90. The maximum atomic E-state index is 13.1. The van der Waals surface area contributed by atoms with Crippen molar-refractivity contribution in [1.82, 2.24) is 10.1 Å². The molecule has 0 atom stereocenters. The van der Waals surface area contributed by atoms with E-state index in [1.54, 1.807) is 11.9 Å². The van der Waals surface area contributed by atoms with Gasteiger partial charge in [0.25, 0.3) is 0 Å². The molecule has 1 amide bonds. The molecule has 1 aromatic heterocycles. The third-order valence-electron chi connectivity index (χ3n) is 3.96. The average molecular weight is 320 g/mol. The number of benzene rings is 2. The molecule has 0 unspecified atom stereocenters. The molecular formula is C20H20N2O2. The average Bonchev–Trinajstić information content (AvgIpc) is 3.02. The lowest BCUT2D eigenvalue weighted by Crippen LogP contribution is -2.32. The van der Waals surface area contributed by atoms with Crippen molar-refractivity contribution in [3.05, 3.63) is 89.3 Å². The second-order valence-electron chi connectivity index (χ2n) is 5.88. The molecule has 0 saturated heterocycles. The second-order valence-corrected chi connectivity index (χ2v) is 5.88. The summed E-state index contributed by atoms with van der Waals surface area (Å²) in [4.78, 5) is 14.8. The van der Waals surface area contributed by atoms with Crippen molar-refractivity contribution < 1.29 is 9.32 Å². The fourth-order valence-corrected chi connectivity index (χ4v) is 2.80. The van der Waals surface area contributed by atoms with Gasteiger partial charge in [-0.15, -0.1) is 0 Å². The molecule has 1 heterocycles. The van der Waals surface area contributed by atoms with Crippen LogP contribution < -0.4 is 0 Å². The molecule has 24 heavy (non-hydrogen) atoms. The zero-order valence-corrected chi connectivity index (χ0v) is 13.8. The van der Waals surface area contributed by atoms with Crippen LogP contribution in [0.3, 0.4) is 0 Å². The first-order valence-corrected chi connectivity index (χ1v) is 7.92. The predicted octanol–water partition coefficient (Wildman–Crippen LogP) is 3.77. The summed E-state index contributed by atoms with van der Waals surface area (Å²) >= 11 is 0. The normalized spacial score (nSPS) is 10.8. The summed E-state index contributed by atoms with van der Waals surface area (Å²) in [5.41, 5.74) is 2.72. The van der Waals surface area contributed by atoms with Crippen molar-refractivity contribution in [3.63, 3.8) is 0 Å². The van der Waals surface area contributed by atoms with E-state index in [9.17, 15) is 4.79 Å². The highest BCUT2D eigenvalue weighted by Gasteiger charge is 2.26. The van der Waals surface area contributed by atoms with Crippen LogP contribution in [0.4, 0.5) is 0 Å². The maximum Gasteiger partial charge on any atom is 0.234 e. The standard InChI is InChI=1S/C20H20N2O2/c1-15-13-18(21-24-15)14-22(2)20(23)19(16-9-5-3-6-10-16)17-11-7-4-8-12-17/h3-13,19H,14H2,1-2H3. The van der Waals surface area contributed by atoms with E-state index in [1.165, 1.54) is 0 Å². The van der Waals surface area contributed by atoms with E-state index in [0.717, 1.165) is 22.6 Å². The first-order chi connectivity index (χ1) is 11.6. The van der Waals surface area contributed by atoms with Gasteiger partial charge >= 0.3 is 0 Å². The van der Waals surface area contributed by atoms with E-state index < -0.39 is 0 Å². The van der Waals surface area contributed by atoms with E-state index in [1.807, 2.05) is 73.7 Å². The summed E-state index contributed by atoms with van der Waals surface area (Å²) in [7, 11) is 1.80. The van der Waals surface area contributed by atoms with Gasteiger partial charge in [0.05, 0.1) is 12.5 Å². The third kappa shape index (κ3) is 3.54. The maximum absolute atomic E-state index is 13.1. The first-order valence-electron chi connectivity index (χ1n) is 7.92. The molecule has 0 aliphatic rings. The Morgan fingerprint density at radius 3 is 2.04 bits per heavy atom. The largest absolute Gasteiger partial charge is 0.361 e. The summed E-state index contributed by atoms with van der Waals surface area (Å²) in [5.74, 6) is 0.451. The second kappa shape index (κ2) is 7.13. The number of aryl methyl sites for hydroxylation is 1. The highest BCUT2D eigenvalue weighted by molar-refractivity contribution is 5.87. The number of nitrogens with zero attached hydrogens (tertiary/aromatic N) is 2. The van der Waals surface area contributed by atoms with Gasteiger partial charge in [-0.05, 0) is 18.1 Å². The molecule has 0 aliphatic carbocycles. The topological polar surface area (TPSA) is 46.3 Å². The van der Waals surface area contributed by atoms with Crippen molar-refractivity contribution in [2.45, 2.75) is 19.4 Å². The SMILES string of the molecule is Cc1cc(CN(C)C(=O)C(c2ccccc2)c2ccccc2)no1. The zero-order valence-electron chi connectivity index (χ0n) is 13.8. The number of likely N-dealkylation sites (N-methyl/N-ethyl adjacent to an activating group) is 1. The van der Waals surface area contributed by atoms with E-state index in [4.69, 9.17) is 4.52 Å². The molecule has 3 aromatic rings. The molecule has 0 aliphatic heterocycles. The lowest BCUT2D eigenvalue weighted by Gasteiger charge is -2.24. The molecule has 122 valence electrons. The summed E-state index contributed by atoms with van der Waals surface area (Å²) in [5, 5.41) is 3.97. The van der Waals surface area contributed by atoms with Gasteiger partial charge in [0.2, 0.25) is 5.91 Å². The van der Waals surface area contributed by atoms with E-state index >= 15 is 0 Å². The molecule has 3 rings (SSSR count). The number of carbonyl (C=O) groups excluding carboxylic acids is 1. The Morgan fingerprint density at radius 2 is 1.58 bits per heavy atom. The molecule has 4 nitrogen and oxygen atoms in total. The minimum atomic E-state index is -0.328. The third-order valence-corrected chi connectivity index (χ3v) is 3.96. The number of amides is 1. The summed E-state index contributed by atoms with van der Waals surface area (Å²) in [6, 6.07) is 21.6. The van der Waals surface area contributed by atoms with Gasteiger partial charge in [-0.3, -0.25) is 4.79 Å². The first kappa shape index (κ1) is 16.0. The Balaban J connectivity index is 1.89. The van der Waals surface area contributed by atoms with Crippen LogP contribution in [-0.4, -0.2) is 23.0 Å². The Labute approximate surface area is 141 Å². The van der Waals surface area contributed by atoms with Crippen molar-refractivity contribution in [1.29, 1.82) is 0 Å². The van der Waals surface area contributed by atoms with Crippen LogP contribution in [0.1, 0.15) is 28.5 Å². The summed E-state index contributed by atoms with van der Waals surface area (Å²) in [6.07, 6.45) is 0. The van der Waals surface area contributed by atoms with E-state index in [0.29, 0.717) is 6.54 Å². The zero-order chi connectivity index (χ0) is 16.9. The van der Waals surface area contributed by atoms with Gasteiger partial charge < -0.3 is 9.42 Å². The number of carbonyl (C=O) groups is 1. The molecule has 4 heteroatoms. The van der Waals surface area contributed by atoms with Crippen LogP contribution in [0.15, 0.2) is 71.3 Å². The molecule has 0 fully saturated rings. The molecule has 0 bridgehead atoms. The molecule has 0 radical (unpaired) electrons. The Morgan fingerprint density at radius 1 is 1.04 bits per heavy atom. The molecule has 0 N–H and O–H groups in total. The molecule has 0 saturated carbocycles. The summed E-state index contributed by atoms with van der Waals surface area (Å²) in [6.45, 7) is 2.27.